The molecule has 1 aromatic carbocycles. The van der Waals surface area contributed by atoms with E-state index in [4.69, 9.17) is 11.6 Å². The van der Waals surface area contributed by atoms with Crippen molar-refractivity contribution < 1.29 is 4.79 Å². The number of carbonyl (C=O) groups excluding carboxylic acids is 1. The first-order valence-electron chi connectivity index (χ1n) is 7.32. The first-order valence-corrected chi connectivity index (χ1v) is 8.85. The van der Waals surface area contributed by atoms with Gasteiger partial charge in [0.1, 0.15) is 0 Å². The summed E-state index contributed by atoms with van der Waals surface area (Å²) in [5, 5.41) is 6.76. The molecule has 1 aliphatic heterocycles. The molecule has 0 aliphatic carbocycles. The molecule has 0 radical (unpaired) electrons. The summed E-state index contributed by atoms with van der Waals surface area (Å²) in [4.78, 5) is 14.7. The maximum absolute atomic E-state index is 12.3. The number of thioether (sulfide) groups is 1. The van der Waals surface area contributed by atoms with Gasteiger partial charge in [0.15, 0.2) is 0 Å². The molecule has 0 spiro atoms. The predicted octanol–water partition coefficient (Wildman–Crippen LogP) is 2.55. The van der Waals surface area contributed by atoms with Gasteiger partial charge >= 0.3 is 0 Å². The molecule has 0 saturated carbocycles. The Morgan fingerprint density at radius 3 is 2.86 bits per heavy atom. The van der Waals surface area contributed by atoms with E-state index in [1.165, 1.54) is 11.5 Å². The first kappa shape index (κ1) is 16.5. The summed E-state index contributed by atoms with van der Waals surface area (Å²) in [6, 6.07) is 5.36. The third-order valence-electron chi connectivity index (χ3n) is 3.41. The van der Waals surface area contributed by atoms with E-state index < -0.39 is 0 Å². The van der Waals surface area contributed by atoms with Crippen LogP contribution in [0.4, 0.5) is 5.69 Å². The van der Waals surface area contributed by atoms with Crippen molar-refractivity contribution in [3.05, 3.63) is 28.8 Å². The van der Waals surface area contributed by atoms with E-state index in [0.29, 0.717) is 17.1 Å². The van der Waals surface area contributed by atoms with Crippen LogP contribution in [-0.2, 0) is 0 Å². The van der Waals surface area contributed by atoms with Crippen LogP contribution in [0.3, 0.4) is 0 Å². The zero-order chi connectivity index (χ0) is 15.1. The van der Waals surface area contributed by atoms with E-state index in [2.05, 4.69) is 15.5 Å². The molecular formula is C15H22ClN3OS. The first-order chi connectivity index (χ1) is 10.2. The van der Waals surface area contributed by atoms with Gasteiger partial charge in [-0.15, -0.1) is 0 Å². The molecule has 2 N–H and O–H groups in total. The lowest BCUT2D eigenvalue weighted by Crippen LogP contribution is -2.39. The second-order valence-electron chi connectivity index (χ2n) is 4.93. The molecule has 1 amide bonds. The van der Waals surface area contributed by atoms with E-state index in [1.54, 1.807) is 12.1 Å². The standard InChI is InChI=1S/C15H22ClN3OS/c1-2-17-14-4-3-12(16)11-13(14)15(20)18-5-6-19-7-9-21-10-8-19/h3-4,11,17H,2,5-10H2,1H3,(H,18,20). The van der Waals surface area contributed by atoms with Crippen molar-refractivity contribution in [1.29, 1.82) is 0 Å². The van der Waals surface area contributed by atoms with Gasteiger partial charge in [-0.2, -0.15) is 11.8 Å². The Kier molecular flexibility index (Phi) is 6.67. The normalized spacial score (nSPS) is 15.7. The monoisotopic (exact) mass is 327 g/mol. The number of carbonyl (C=O) groups is 1. The fourth-order valence-corrected chi connectivity index (χ4v) is 3.45. The Morgan fingerprint density at radius 1 is 1.38 bits per heavy atom. The maximum atomic E-state index is 12.3. The Bertz CT molecular complexity index is 478. The molecule has 0 bridgehead atoms. The van der Waals surface area contributed by atoms with Crippen molar-refractivity contribution in [1.82, 2.24) is 10.2 Å². The van der Waals surface area contributed by atoms with Crippen LogP contribution in [-0.4, -0.2) is 55.0 Å². The average Bonchev–Trinajstić information content (AvgIpc) is 2.50. The van der Waals surface area contributed by atoms with Gasteiger partial charge in [-0.3, -0.25) is 9.69 Å². The molecule has 0 aromatic heterocycles. The molecule has 21 heavy (non-hydrogen) atoms. The smallest absolute Gasteiger partial charge is 0.253 e. The van der Waals surface area contributed by atoms with Crippen LogP contribution in [0, 0.1) is 0 Å². The number of anilines is 1. The van der Waals surface area contributed by atoms with Gasteiger partial charge in [-0.05, 0) is 25.1 Å². The fraction of sp³-hybridized carbons (Fsp3) is 0.533. The van der Waals surface area contributed by atoms with Gasteiger partial charge in [0, 0.05) is 54.9 Å². The minimum Gasteiger partial charge on any atom is -0.385 e. The van der Waals surface area contributed by atoms with Crippen LogP contribution < -0.4 is 10.6 Å². The number of hydrogen-bond donors (Lipinski definition) is 2. The highest BCUT2D eigenvalue weighted by Crippen LogP contribution is 2.20. The number of amides is 1. The lowest BCUT2D eigenvalue weighted by atomic mass is 10.1. The van der Waals surface area contributed by atoms with Crippen LogP contribution in [0.15, 0.2) is 18.2 Å². The Balaban J connectivity index is 1.88. The van der Waals surface area contributed by atoms with E-state index >= 15 is 0 Å². The van der Waals surface area contributed by atoms with Crippen LogP contribution in [0.2, 0.25) is 5.02 Å². The number of nitrogens with zero attached hydrogens (tertiary/aromatic N) is 1. The zero-order valence-electron chi connectivity index (χ0n) is 12.3. The summed E-state index contributed by atoms with van der Waals surface area (Å²) in [5.41, 5.74) is 1.44. The fourth-order valence-electron chi connectivity index (χ4n) is 2.30. The summed E-state index contributed by atoms with van der Waals surface area (Å²) in [5.74, 6) is 2.31. The number of nitrogens with one attached hydrogen (secondary N) is 2. The molecule has 2 rings (SSSR count). The lowest BCUT2D eigenvalue weighted by Gasteiger charge is -2.26. The number of halogens is 1. The molecule has 1 aliphatic rings. The quantitative estimate of drug-likeness (QED) is 0.843. The topological polar surface area (TPSA) is 44.4 Å². The van der Waals surface area contributed by atoms with Crippen LogP contribution in [0.1, 0.15) is 17.3 Å². The molecular weight excluding hydrogens is 306 g/mol. The number of hydrogen-bond acceptors (Lipinski definition) is 4. The van der Waals surface area contributed by atoms with Gasteiger partial charge < -0.3 is 10.6 Å². The average molecular weight is 328 g/mol. The molecule has 6 heteroatoms. The van der Waals surface area contributed by atoms with Crippen molar-refractivity contribution in [3.63, 3.8) is 0 Å². The van der Waals surface area contributed by atoms with Gasteiger partial charge in [0.2, 0.25) is 0 Å². The van der Waals surface area contributed by atoms with E-state index in [0.717, 1.165) is 31.9 Å². The van der Waals surface area contributed by atoms with Crippen molar-refractivity contribution in [3.8, 4) is 0 Å². The van der Waals surface area contributed by atoms with Gasteiger partial charge in [-0.1, -0.05) is 11.6 Å². The van der Waals surface area contributed by atoms with Crippen LogP contribution in [0.5, 0.6) is 0 Å². The van der Waals surface area contributed by atoms with Crippen molar-refractivity contribution >= 4 is 35.0 Å². The molecule has 116 valence electrons. The third-order valence-corrected chi connectivity index (χ3v) is 4.59. The van der Waals surface area contributed by atoms with Crippen molar-refractivity contribution in [2.45, 2.75) is 6.92 Å². The molecule has 0 unspecified atom stereocenters. The number of rotatable bonds is 6. The Morgan fingerprint density at radius 2 is 2.14 bits per heavy atom. The van der Waals surface area contributed by atoms with Crippen molar-refractivity contribution in [2.24, 2.45) is 0 Å². The van der Waals surface area contributed by atoms with Gasteiger partial charge in [-0.25, -0.2) is 0 Å². The SMILES string of the molecule is CCNc1ccc(Cl)cc1C(=O)NCCN1CCSCC1. The van der Waals surface area contributed by atoms with Gasteiger partial charge in [0.25, 0.3) is 5.91 Å². The second-order valence-corrected chi connectivity index (χ2v) is 6.59. The van der Waals surface area contributed by atoms with Gasteiger partial charge in [0.05, 0.1) is 5.56 Å². The van der Waals surface area contributed by atoms with Crippen LogP contribution in [0.25, 0.3) is 0 Å². The van der Waals surface area contributed by atoms with Crippen molar-refractivity contribution in [2.75, 3.05) is 49.5 Å². The summed E-state index contributed by atoms with van der Waals surface area (Å²) in [7, 11) is 0. The highest BCUT2D eigenvalue weighted by Gasteiger charge is 2.13. The zero-order valence-corrected chi connectivity index (χ0v) is 13.9. The largest absolute Gasteiger partial charge is 0.385 e. The number of benzene rings is 1. The molecule has 1 heterocycles. The second kappa shape index (κ2) is 8.51. The van der Waals surface area contributed by atoms with Crippen LogP contribution >= 0.6 is 23.4 Å². The summed E-state index contributed by atoms with van der Waals surface area (Å²) >= 11 is 7.99. The summed E-state index contributed by atoms with van der Waals surface area (Å²) < 4.78 is 0. The summed E-state index contributed by atoms with van der Waals surface area (Å²) in [6.45, 7) is 6.57. The molecule has 1 saturated heterocycles. The predicted molar refractivity (Wildman–Crippen MR) is 91.7 cm³/mol. The Hall–Kier alpha value is -0.910. The highest BCUT2D eigenvalue weighted by atomic mass is 35.5. The van der Waals surface area contributed by atoms with E-state index in [1.807, 2.05) is 24.8 Å². The minimum absolute atomic E-state index is 0.0696. The third kappa shape index (κ3) is 5.09. The van der Waals surface area contributed by atoms with E-state index in [-0.39, 0.29) is 5.91 Å². The molecule has 4 nitrogen and oxygen atoms in total. The molecule has 1 aromatic rings. The summed E-state index contributed by atoms with van der Waals surface area (Å²) in [6.07, 6.45) is 0. The molecule has 0 atom stereocenters. The lowest BCUT2D eigenvalue weighted by molar-refractivity contribution is 0.0949. The Labute approximate surface area is 135 Å². The minimum atomic E-state index is -0.0696. The maximum Gasteiger partial charge on any atom is 0.253 e. The highest BCUT2D eigenvalue weighted by molar-refractivity contribution is 7.99. The molecule has 1 fully saturated rings. The van der Waals surface area contributed by atoms with E-state index in [9.17, 15) is 4.79 Å².